The van der Waals surface area contributed by atoms with Crippen LogP contribution in [0.2, 0.25) is 0 Å². The predicted molar refractivity (Wildman–Crippen MR) is 162 cm³/mol. The van der Waals surface area contributed by atoms with Crippen LogP contribution in [0.25, 0.3) is 11.1 Å². The average Bonchev–Trinajstić information content (AvgIpc) is 3.27. The number of hydrogen-bond acceptors (Lipinski definition) is 1. The average molecular weight is 624 g/mol. The van der Waals surface area contributed by atoms with Crippen LogP contribution in [0.1, 0.15) is 67.3 Å². The molecule has 0 heterocycles. The first-order chi connectivity index (χ1) is 17.7. The summed E-state index contributed by atoms with van der Waals surface area (Å²) in [6.45, 7) is 9.02. The molecule has 0 radical (unpaired) electrons. The molecule has 0 fully saturated rings. The molecular formula is C32H35Cl2NSiZr. The molecule has 5 heteroatoms. The first kappa shape index (κ1) is 26.9. The molecule has 0 unspecified atom stereocenters. The van der Waals surface area contributed by atoms with Gasteiger partial charge in [0.05, 0.1) is 0 Å². The Morgan fingerprint density at radius 1 is 0.730 bits per heavy atom. The van der Waals surface area contributed by atoms with Crippen LogP contribution in [0, 0.1) is 0 Å². The van der Waals surface area contributed by atoms with Gasteiger partial charge in [0.25, 0.3) is 0 Å². The van der Waals surface area contributed by atoms with Crippen LogP contribution >= 0.6 is 17.0 Å². The number of nitrogens with one attached hydrogen (secondary N) is 1. The van der Waals surface area contributed by atoms with Gasteiger partial charge in [-0.15, -0.1) is 0 Å². The van der Waals surface area contributed by atoms with E-state index in [1.54, 1.807) is 0 Å². The van der Waals surface area contributed by atoms with Crippen LogP contribution in [-0.4, -0.2) is 6.16 Å². The third-order valence-corrected chi connectivity index (χ3v) is 32.8. The van der Waals surface area contributed by atoms with Gasteiger partial charge in [-0.05, 0) is 0 Å². The summed E-state index contributed by atoms with van der Waals surface area (Å²) in [7, 11) is 16.2. The topological polar surface area (TPSA) is 12.0 Å². The van der Waals surface area contributed by atoms with Gasteiger partial charge in [0.2, 0.25) is 0 Å². The number of para-hydroxylation sites is 1. The predicted octanol–water partition coefficient (Wildman–Crippen LogP) is 8.71. The Labute approximate surface area is 231 Å². The van der Waals surface area contributed by atoms with Gasteiger partial charge in [0.15, 0.2) is 0 Å². The van der Waals surface area contributed by atoms with Crippen LogP contribution in [0.3, 0.4) is 0 Å². The maximum atomic E-state index is 8.09. The molecule has 190 valence electrons. The second-order valence-corrected chi connectivity index (χ2v) is 43.6. The zero-order valence-electron chi connectivity index (χ0n) is 22.1. The van der Waals surface area contributed by atoms with Crippen LogP contribution in [0.4, 0.5) is 5.69 Å². The zero-order valence-corrected chi connectivity index (χ0v) is 27.2. The summed E-state index contributed by atoms with van der Waals surface area (Å²) in [6, 6.07) is 33.6. The van der Waals surface area contributed by atoms with Gasteiger partial charge in [0, 0.05) is 0 Å². The van der Waals surface area contributed by atoms with Gasteiger partial charge in [-0.25, -0.2) is 0 Å². The molecule has 4 aromatic rings. The Bertz CT molecular complexity index is 1490. The van der Waals surface area contributed by atoms with Crippen LogP contribution in [0.15, 0.2) is 91.0 Å². The van der Waals surface area contributed by atoms with Crippen LogP contribution in [-0.2, 0) is 27.8 Å². The molecular weight excluding hydrogens is 589 g/mol. The van der Waals surface area contributed by atoms with E-state index in [0.717, 1.165) is 18.2 Å². The second kappa shape index (κ2) is 10.5. The van der Waals surface area contributed by atoms with Gasteiger partial charge >= 0.3 is 233 Å². The van der Waals surface area contributed by atoms with Crippen molar-refractivity contribution < 1.29 is 15.3 Å². The van der Waals surface area contributed by atoms with Gasteiger partial charge in [-0.1, -0.05) is 0 Å². The quantitative estimate of drug-likeness (QED) is 0.179. The summed E-state index contributed by atoms with van der Waals surface area (Å²) in [6.07, 6.45) is 0.602. The Hall–Kier alpha value is -1.64. The van der Waals surface area contributed by atoms with E-state index in [9.17, 15) is 0 Å². The molecule has 1 nitrogen and oxygen atoms in total. The molecule has 0 atom stereocenters. The van der Waals surface area contributed by atoms with E-state index in [1.165, 1.54) is 42.2 Å². The van der Waals surface area contributed by atoms with E-state index >= 15 is 0 Å². The number of rotatable bonds is 7. The number of benzene rings is 4. The molecule has 1 aliphatic rings. The van der Waals surface area contributed by atoms with E-state index in [2.05, 4.69) is 122 Å². The number of hydrogen-bond donors (Lipinski definition) is 1. The van der Waals surface area contributed by atoms with Gasteiger partial charge in [0.1, 0.15) is 0 Å². The van der Waals surface area contributed by atoms with Crippen molar-refractivity contribution in [1.82, 2.24) is 0 Å². The molecule has 4 aromatic carbocycles. The molecule has 1 aliphatic carbocycles. The monoisotopic (exact) mass is 621 g/mol. The van der Waals surface area contributed by atoms with Crippen molar-refractivity contribution in [2.24, 2.45) is 0 Å². The molecule has 0 spiro atoms. The molecule has 0 aromatic heterocycles. The minimum atomic E-state index is -4.82. The zero-order chi connectivity index (χ0) is 26.2. The number of fused-ring (bicyclic) bond motifs is 3. The third-order valence-electron chi connectivity index (χ3n) is 7.61. The van der Waals surface area contributed by atoms with E-state index in [-0.39, 0.29) is 6.16 Å². The van der Waals surface area contributed by atoms with Crippen molar-refractivity contribution >= 4 is 32.1 Å². The van der Waals surface area contributed by atoms with Gasteiger partial charge < -0.3 is 0 Å². The fraction of sp³-hybridized carbons (Fsp3) is 0.250. The molecule has 0 amide bonds. The third kappa shape index (κ3) is 5.30. The number of anilines is 1. The second-order valence-electron chi connectivity index (χ2n) is 10.9. The summed E-state index contributed by atoms with van der Waals surface area (Å²) >= 11 is -4.82. The molecule has 0 aliphatic heterocycles. The fourth-order valence-corrected chi connectivity index (χ4v) is 27.1. The first-order valence-corrected chi connectivity index (χ1v) is 27.7. The summed E-state index contributed by atoms with van der Waals surface area (Å²) in [5, 5.41) is 0. The standard InChI is InChI=1S/C13H9.C12H18N.C7H8Si.2ClH.Zr/c1-3-7-12-10(5-1)9-11-6-2-4-8-13(11)12;1-8(2)10-6-5-7-11(9(3)4)12(10)13;8-6-7-4-2-1-3-5-7;;;/h1-5,7-8H,9H2;5-9,13H,1-4H3;1-5,8H,6H2;2*1H;/q;-1;;;;+3/p-2. The number of halogens is 2. The van der Waals surface area contributed by atoms with Gasteiger partial charge in [-0.2, -0.15) is 0 Å². The summed E-state index contributed by atoms with van der Waals surface area (Å²) in [5.74, 6) is 0.729. The Balaban J connectivity index is 1.75. The molecule has 0 saturated carbocycles. The van der Waals surface area contributed by atoms with E-state index < -0.39 is 15.3 Å². The normalized spacial score (nSPS) is 13.0. The summed E-state index contributed by atoms with van der Waals surface area (Å²) in [4.78, 5) is 0. The van der Waals surface area contributed by atoms with E-state index in [4.69, 9.17) is 17.0 Å². The van der Waals surface area contributed by atoms with Crippen molar-refractivity contribution in [2.45, 2.75) is 52.0 Å². The molecule has 5 rings (SSSR count). The SMILES string of the molecule is CC(C)c1cccc(C(C)C)c1[NH][Zr]([Cl])([Cl])(=[SiH]Cc1ccccc1)[c]1cccc2c1Cc1ccccc1-2. The van der Waals surface area contributed by atoms with Gasteiger partial charge in [-0.3, -0.25) is 0 Å². The van der Waals surface area contributed by atoms with E-state index in [1.807, 2.05) is 0 Å². The van der Waals surface area contributed by atoms with Crippen LogP contribution < -0.4 is 6.53 Å². The summed E-state index contributed by atoms with van der Waals surface area (Å²) in [5.41, 5.74) is 10.3. The minimum absolute atomic E-state index is 0.287. The Morgan fingerprint density at radius 3 is 2.00 bits per heavy atom. The first-order valence-electron chi connectivity index (χ1n) is 13.2. The van der Waals surface area contributed by atoms with Crippen molar-refractivity contribution in [2.75, 3.05) is 3.26 Å². The molecule has 37 heavy (non-hydrogen) atoms. The van der Waals surface area contributed by atoms with Crippen LogP contribution in [0.5, 0.6) is 0 Å². The van der Waals surface area contributed by atoms with Crippen molar-refractivity contribution in [3.05, 3.63) is 119 Å². The fourth-order valence-electron chi connectivity index (χ4n) is 5.65. The molecule has 0 bridgehead atoms. The van der Waals surface area contributed by atoms with Crippen molar-refractivity contribution in [1.29, 1.82) is 0 Å². The Kier molecular flexibility index (Phi) is 7.64. The maximum absolute atomic E-state index is 8.09. The Morgan fingerprint density at radius 2 is 1.32 bits per heavy atom. The van der Waals surface area contributed by atoms with Crippen molar-refractivity contribution in [3.63, 3.8) is 0 Å². The van der Waals surface area contributed by atoms with Crippen molar-refractivity contribution in [3.8, 4) is 11.1 Å². The molecule has 1 N–H and O–H groups in total. The molecule has 0 saturated heterocycles. The van der Waals surface area contributed by atoms with E-state index in [0.29, 0.717) is 11.8 Å². The summed E-state index contributed by atoms with van der Waals surface area (Å²) < 4.78 is 5.24.